The van der Waals surface area contributed by atoms with Gasteiger partial charge in [-0.25, -0.2) is 0 Å². The first kappa shape index (κ1) is 13.7. The highest BCUT2D eigenvalue weighted by Crippen LogP contribution is 2.40. The van der Waals surface area contributed by atoms with Crippen molar-refractivity contribution < 1.29 is 9.21 Å². The molecule has 0 aromatic carbocycles. The zero-order valence-electron chi connectivity index (χ0n) is 11.7. The number of hydrogen-bond donors (Lipinski definition) is 1. The first-order valence-corrected chi connectivity index (χ1v) is 6.66. The van der Waals surface area contributed by atoms with E-state index in [9.17, 15) is 4.79 Å². The van der Waals surface area contributed by atoms with E-state index in [4.69, 9.17) is 9.68 Å². The minimum Gasteiger partial charge on any atom is -0.466 e. The molecular weight excluding hydrogens is 240 g/mol. The molecule has 1 saturated carbocycles. The fourth-order valence-electron chi connectivity index (χ4n) is 2.28. The highest BCUT2D eigenvalue weighted by Gasteiger charge is 2.45. The van der Waals surface area contributed by atoms with Crippen LogP contribution in [0.1, 0.15) is 44.6 Å². The maximum Gasteiger partial charge on any atom is 0.240 e. The quantitative estimate of drug-likeness (QED) is 0.905. The van der Waals surface area contributed by atoms with Crippen LogP contribution < -0.4 is 5.32 Å². The Labute approximate surface area is 113 Å². The number of hydrogen-bond acceptors (Lipinski definition) is 3. The standard InChI is InChI=1S/C15H20N2O2/c1-11-5-6-12(19-11)14(2,3)10-17-13(18)15(9-16)7-4-8-15/h5-6H,4,7-8,10H2,1-3H3,(H,17,18). The summed E-state index contributed by atoms with van der Waals surface area (Å²) in [5, 5.41) is 12.0. The number of furan rings is 1. The van der Waals surface area contributed by atoms with Crippen molar-refractivity contribution in [2.75, 3.05) is 6.54 Å². The van der Waals surface area contributed by atoms with E-state index in [1.807, 2.05) is 32.9 Å². The molecular formula is C15H20N2O2. The van der Waals surface area contributed by atoms with Gasteiger partial charge in [0.2, 0.25) is 5.91 Å². The SMILES string of the molecule is Cc1ccc(C(C)(C)CNC(=O)C2(C#N)CCC2)o1. The molecule has 1 fully saturated rings. The minimum absolute atomic E-state index is 0.141. The highest BCUT2D eigenvalue weighted by molar-refractivity contribution is 5.86. The van der Waals surface area contributed by atoms with E-state index in [0.29, 0.717) is 19.4 Å². The molecule has 1 aliphatic carbocycles. The number of carbonyl (C=O) groups is 1. The average Bonchev–Trinajstić information content (AvgIpc) is 2.73. The summed E-state index contributed by atoms with van der Waals surface area (Å²) in [7, 11) is 0. The molecule has 0 radical (unpaired) electrons. The number of amides is 1. The molecule has 1 N–H and O–H groups in total. The van der Waals surface area contributed by atoms with Gasteiger partial charge in [-0.05, 0) is 38.3 Å². The molecule has 0 spiro atoms. The molecule has 2 rings (SSSR count). The summed E-state index contributed by atoms with van der Waals surface area (Å²) >= 11 is 0. The summed E-state index contributed by atoms with van der Waals surface area (Å²) < 4.78 is 5.62. The van der Waals surface area contributed by atoms with Crippen LogP contribution >= 0.6 is 0 Å². The van der Waals surface area contributed by atoms with E-state index in [-0.39, 0.29) is 11.3 Å². The average molecular weight is 260 g/mol. The van der Waals surface area contributed by atoms with E-state index in [0.717, 1.165) is 17.9 Å². The number of aryl methyl sites for hydroxylation is 1. The van der Waals surface area contributed by atoms with Gasteiger partial charge in [-0.1, -0.05) is 13.8 Å². The first-order chi connectivity index (χ1) is 8.89. The van der Waals surface area contributed by atoms with Crippen LogP contribution in [0, 0.1) is 23.7 Å². The van der Waals surface area contributed by atoms with Gasteiger partial charge in [0.1, 0.15) is 16.9 Å². The van der Waals surface area contributed by atoms with Crippen molar-refractivity contribution in [1.29, 1.82) is 5.26 Å². The van der Waals surface area contributed by atoms with Crippen molar-refractivity contribution >= 4 is 5.91 Å². The van der Waals surface area contributed by atoms with Crippen molar-refractivity contribution in [3.63, 3.8) is 0 Å². The van der Waals surface area contributed by atoms with Crippen LogP contribution in [-0.4, -0.2) is 12.5 Å². The Morgan fingerprint density at radius 3 is 2.63 bits per heavy atom. The van der Waals surface area contributed by atoms with Crippen molar-refractivity contribution in [2.24, 2.45) is 5.41 Å². The van der Waals surface area contributed by atoms with Gasteiger partial charge < -0.3 is 9.73 Å². The molecule has 102 valence electrons. The molecule has 0 atom stereocenters. The summed E-state index contributed by atoms with van der Waals surface area (Å²) in [5.74, 6) is 1.57. The van der Waals surface area contributed by atoms with Gasteiger partial charge in [0.05, 0.1) is 6.07 Å². The molecule has 1 aromatic heterocycles. The Morgan fingerprint density at radius 1 is 1.53 bits per heavy atom. The third-order valence-corrected chi connectivity index (χ3v) is 3.95. The normalized spacial score (nSPS) is 17.4. The topological polar surface area (TPSA) is 66.0 Å². The van der Waals surface area contributed by atoms with Crippen LogP contribution in [-0.2, 0) is 10.2 Å². The Morgan fingerprint density at radius 2 is 2.21 bits per heavy atom. The molecule has 1 aliphatic rings. The van der Waals surface area contributed by atoms with Crippen LogP contribution in [0.2, 0.25) is 0 Å². The number of nitrogens with one attached hydrogen (secondary N) is 1. The lowest BCUT2D eigenvalue weighted by molar-refractivity contribution is -0.132. The third-order valence-electron chi connectivity index (χ3n) is 3.95. The predicted octanol–water partition coefficient (Wildman–Crippen LogP) is 2.68. The monoisotopic (exact) mass is 260 g/mol. The van der Waals surface area contributed by atoms with Crippen LogP contribution in [0.3, 0.4) is 0 Å². The second kappa shape index (κ2) is 4.73. The van der Waals surface area contributed by atoms with E-state index >= 15 is 0 Å². The van der Waals surface area contributed by atoms with Gasteiger partial charge in [0.25, 0.3) is 0 Å². The van der Waals surface area contributed by atoms with Gasteiger partial charge in [0.15, 0.2) is 0 Å². The zero-order valence-corrected chi connectivity index (χ0v) is 11.7. The number of nitrogens with zero attached hydrogens (tertiary/aromatic N) is 1. The largest absolute Gasteiger partial charge is 0.466 e. The lowest BCUT2D eigenvalue weighted by atomic mass is 9.69. The number of nitriles is 1. The summed E-state index contributed by atoms with van der Waals surface area (Å²) in [6, 6.07) is 6.01. The van der Waals surface area contributed by atoms with Crippen molar-refractivity contribution in [3.05, 3.63) is 23.7 Å². The summed E-state index contributed by atoms with van der Waals surface area (Å²) in [6.07, 6.45) is 2.31. The molecule has 0 unspecified atom stereocenters. The van der Waals surface area contributed by atoms with Crippen LogP contribution in [0.25, 0.3) is 0 Å². The molecule has 0 aliphatic heterocycles. The molecule has 4 heteroatoms. The third kappa shape index (κ3) is 2.51. The van der Waals surface area contributed by atoms with E-state index in [2.05, 4.69) is 11.4 Å². The van der Waals surface area contributed by atoms with Crippen molar-refractivity contribution in [3.8, 4) is 6.07 Å². The van der Waals surface area contributed by atoms with Gasteiger partial charge in [-0.3, -0.25) is 4.79 Å². The molecule has 1 amide bonds. The molecule has 1 heterocycles. The maximum atomic E-state index is 12.1. The van der Waals surface area contributed by atoms with Gasteiger partial charge >= 0.3 is 0 Å². The fourth-order valence-corrected chi connectivity index (χ4v) is 2.28. The summed E-state index contributed by atoms with van der Waals surface area (Å²) in [6.45, 7) is 6.41. The van der Waals surface area contributed by atoms with E-state index in [1.54, 1.807) is 0 Å². The number of rotatable bonds is 4. The summed E-state index contributed by atoms with van der Waals surface area (Å²) in [5.41, 5.74) is -1.06. The van der Waals surface area contributed by atoms with Crippen molar-refractivity contribution in [1.82, 2.24) is 5.32 Å². The second-order valence-electron chi connectivity index (χ2n) is 6.02. The Balaban J connectivity index is 1.98. The van der Waals surface area contributed by atoms with Crippen LogP contribution in [0.5, 0.6) is 0 Å². The Hall–Kier alpha value is -1.76. The Bertz CT molecular complexity index is 518. The van der Waals surface area contributed by atoms with Crippen molar-refractivity contribution in [2.45, 2.75) is 45.4 Å². The van der Waals surface area contributed by atoms with E-state index < -0.39 is 5.41 Å². The Kier molecular flexibility index (Phi) is 3.40. The van der Waals surface area contributed by atoms with Gasteiger partial charge in [-0.15, -0.1) is 0 Å². The molecule has 19 heavy (non-hydrogen) atoms. The highest BCUT2D eigenvalue weighted by atomic mass is 16.3. The second-order valence-corrected chi connectivity index (χ2v) is 6.02. The van der Waals surface area contributed by atoms with E-state index in [1.165, 1.54) is 0 Å². The van der Waals surface area contributed by atoms with Gasteiger partial charge in [0, 0.05) is 12.0 Å². The van der Waals surface area contributed by atoms with Crippen LogP contribution in [0.15, 0.2) is 16.5 Å². The molecule has 4 nitrogen and oxygen atoms in total. The molecule has 0 saturated heterocycles. The summed E-state index contributed by atoms with van der Waals surface area (Å²) in [4.78, 5) is 12.1. The number of carbonyl (C=O) groups excluding carboxylic acids is 1. The van der Waals surface area contributed by atoms with Crippen LogP contribution in [0.4, 0.5) is 0 Å². The predicted molar refractivity (Wildman–Crippen MR) is 71.4 cm³/mol. The maximum absolute atomic E-state index is 12.1. The zero-order chi connectivity index (χ0) is 14.1. The lowest BCUT2D eigenvalue weighted by Crippen LogP contribution is -2.48. The smallest absolute Gasteiger partial charge is 0.240 e. The first-order valence-electron chi connectivity index (χ1n) is 6.66. The molecule has 1 aromatic rings. The molecule has 0 bridgehead atoms. The fraction of sp³-hybridized carbons (Fsp3) is 0.600. The minimum atomic E-state index is -0.783. The lowest BCUT2D eigenvalue weighted by Gasteiger charge is -2.34. The van der Waals surface area contributed by atoms with Gasteiger partial charge in [-0.2, -0.15) is 5.26 Å².